The molecule has 0 fully saturated rings. The SMILES string of the molecule is Cc1nn(C)c2nc(-c3cccs3)cc(C(=O)Nc3ccccc3C(N)=O)c12. The van der Waals surface area contributed by atoms with Gasteiger partial charge >= 0.3 is 0 Å². The van der Waals surface area contributed by atoms with Gasteiger partial charge in [-0.05, 0) is 36.6 Å². The van der Waals surface area contributed by atoms with Crippen molar-refractivity contribution in [1.29, 1.82) is 0 Å². The molecule has 0 aliphatic heterocycles. The predicted octanol–water partition coefficient (Wildman–Crippen LogP) is 3.36. The lowest BCUT2D eigenvalue weighted by Crippen LogP contribution is -2.18. The number of nitrogens with two attached hydrogens (primary N) is 1. The lowest BCUT2D eigenvalue weighted by Gasteiger charge is -2.11. The summed E-state index contributed by atoms with van der Waals surface area (Å²) in [7, 11) is 1.80. The molecule has 0 unspecified atom stereocenters. The molecule has 8 heteroatoms. The second kappa shape index (κ2) is 6.90. The molecule has 0 radical (unpaired) electrons. The van der Waals surface area contributed by atoms with Gasteiger partial charge in [0, 0.05) is 7.05 Å². The van der Waals surface area contributed by atoms with Crippen LogP contribution in [0.25, 0.3) is 21.6 Å². The second-order valence-electron chi connectivity index (χ2n) is 6.30. The molecule has 4 rings (SSSR count). The van der Waals surface area contributed by atoms with E-state index in [2.05, 4.69) is 10.4 Å². The van der Waals surface area contributed by atoms with Gasteiger partial charge in [-0.2, -0.15) is 5.10 Å². The summed E-state index contributed by atoms with van der Waals surface area (Å²) >= 11 is 1.54. The van der Waals surface area contributed by atoms with Crippen LogP contribution in [0.2, 0.25) is 0 Å². The molecule has 7 nitrogen and oxygen atoms in total. The van der Waals surface area contributed by atoms with Crippen LogP contribution < -0.4 is 11.1 Å². The Hall–Kier alpha value is -3.52. The van der Waals surface area contributed by atoms with E-state index < -0.39 is 5.91 Å². The number of benzene rings is 1. The number of hydrogen-bond donors (Lipinski definition) is 2. The Labute approximate surface area is 164 Å². The number of hydrogen-bond acceptors (Lipinski definition) is 5. The quantitative estimate of drug-likeness (QED) is 0.557. The van der Waals surface area contributed by atoms with Gasteiger partial charge in [0.05, 0.1) is 38.5 Å². The molecule has 3 aromatic heterocycles. The largest absolute Gasteiger partial charge is 0.366 e. The van der Waals surface area contributed by atoms with E-state index in [9.17, 15) is 9.59 Å². The molecule has 0 bridgehead atoms. The highest BCUT2D eigenvalue weighted by Gasteiger charge is 2.20. The smallest absolute Gasteiger partial charge is 0.256 e. The van der Waals surface area contributed by atoms with Crippen molar-refractivity contribution < 1.29 is 9.59 Å². The van der Waals surface area contributed by atoms with Crippen LogP contribution in [0.15, 0.2) is 47.8 Å². The van der Waals surface area contributed by atoms with E-state index in [1.807, 2.05) is 24.4 Å². The predicted molar refractivity (Wildman–Crippen MR) is 109 cm³/mol. The number of carbonyl (C=O) groups excluding carboxylic acids is 2. The third-order valence-corrected chi connectivity index (χ3v) is 5.32. The number of amides is 2. The number of rotatable bonds is 4. The highest BCUT2D eigenvalue weighted by atomic mass is 32.1. The van der Waals surface area contributed by atoms with E-state index in [1.165, 1.54) is 0 Å². The van der Waals surface area contributed by atoms with Gasteiger partial charge in [0.1, 0.15) is 0 Å². The summed E-state index contributed by atoms with van der Waals surface area (Å²) in [6.07, 6.45) is 0. The van der Waals surface area contributed by atoms with Gasteiger partial charge in [0.15, 0.2) is 5.65 Å². The standard InChI is InChI=1S/C20H17N5O2S/c1-11-17-13(20(27)23-14-7-4-3-6-12(14)18(21)26)10-15(16-8-5-9-28-16)22-19(17)25(2)24-11/h3-10H,1-2H3,(H2,21,26)(H,23,27). The number of carbonyl (C=O) groups is 2. The number of nitrogens with one attached hydrogen (secondary N) is 1. The number of primary amides is 1. The van der Waals surface area contributed by atoms with Gasteiger partial charge in [-0.15, -0.1) is 11.3 Å². The first kappa shape index (κ1) is 17.9. The van der Waals surface area contributed by atoms with Crippen molar-refractivity contribution in [3.05, 3.63) is 64.7 Å². The van der Waals surface area contributed by atoms with Crippen LogP contribution in [0.3, 0.4) is 0 Å². The maximum absolute atomic E-state index is 13.2. The molecule has 1 aromatic carbocycles. The number of thiophene rings is 1. The molecule has 0 atom stereocenters. The van der Waals surface area contributed by atoms with Crippen LogP contribution in [0.5, 0.6) is 0 Å². The molecule has 0 aliphatic rings. The van der Waals surface area contributed by atoms with Gasteiger partial charge in [-0.3, -0.25) is 14.3 Å². The van der Waals surface area contributed by atoms with Crippen LogP contribution in [0, 0.1) is 6.92 Å². The molecule has 3 N–H and O–H groups in total. The van der Waals surface area contributed by atoms with Crippen LogP contribution in [0.4, 0.5) is 5.69 Å². The first-order valence-electron chi connectivity index (χ1n) is 8.54. The Bertz CT molecular complexity index is 1210. The molecule has 140 valence electrons. The van der Waals surface area contributed by atoms with Crippen molar-refractivity contribution in [2.24, 2.45) is 12.8 Å². The minimum atomic E-state index is -0.604. The third-order valence-electron chi connectivity index (χ3n) is 4.43. The van der Waals surface area contributed by atoms with Crippen LogP contribution in [-0.4, -0.2) is 26.6 Å². The Morgan fingerprint density at radius 3 is 2.64 bits per heavy atom. The van der Waals surface area contributed by atoms with E-state index in [1.54, 1.807) is 53.4 Å². The molecule has 0 saturated heterocycles. The van der Waals surface area contributed by atoms with Gasteiger partial charge in [0.25, 0.3) is 11.8 Å². The molecule has 0 saturated carbocycles. The van der Waals surface area contributed by atoms with Crippen molar-refractivity contribution >= 4 is 39.9 Å². The summed E-state index contributed by atoms with van der Waals surface area (Å²) in [5.74, 6) is -0.956. The first-order valence-corrected chi connectivity index (χ1v) is 9.42. The number of pyridine rings is 1. The lowest BCUT2D eigenvalue weighted by atomic mass is 10.1. The maximum atomic E-state index is 13.2. The lowest BCUT2D eigenvalue weighted by molar-refractivity contribution is 0.100. The summed E-state index contributed by atoms with van der Waals surface area (Å²) in [6.45, 7) is 1.84. The monoisotopic (exact) mass is 391 g/mol. The molecule has 0 aliphatic carbocycles. The van der Waals surface area contributed by atoms with Crippen LogP contribution in [-0.2, 0) is 7.05 Å². The van der Waals surface area contributed by atoms with Gasteiger partial charge < -0.3 is 11.1 Å². The van der Waals surface area contributed by atoms with Crippen molar-refractivity contribution in [1.82, 2.24) is 14.8 Å². The number of anilines is 1. The normalized spacial score (nSPS) is 10.9. The van der Waals surface area contributed by atoms with E-state index in [-0.39, 0.29) is 11.5 Å². The van der Waals surface area contributed by atoms with E-state index in [0.29, 0.717) is 33.7 Å². The molecule has 2 amide bonds. The fourth-order valence-corrected chi connectivity index (χ4v) is 3.86. The molecule has 3 heterocycles. The zero-order valence-corrected chi connectivity index (χ0v) is 16.1. The number of aryl methyl sites for hydroxylation is 2. The number of para-hydroxylation sites is 1. The van der Waals surface area contributed by atoms with Crippen molar-refractivity contribution in [2.75, 3.05) is 5.32 Å². The summed E-state index contributed by atoms with van der Waals surface area (Å²) in [5.41, 5.74) is 8.50. The van der Waals surface area contributed by atoms with Crippen molar-refractivity contribution in [2.45, 2.75) is 6.92 Å². The minimum absolute atomic E-state index is 0.252. The average molecular weight is 391 g/mol. The average Bonchev–Trinajstić information content (AvgIpc) is 3.30. The summed E-state index contributed by atoms with van der Waals surface area (Å²) < 4.78 is 1.66. The second-order valence-corrected chi connectivity index (χ2v) is 7.25. The Morgan fingerprint density at radius 1 is 1.14 bits per heavy atom. The number of fused-ring (bicyclic) bond motifs is 1. The van der Waals surface area contributed by atoms with Gasteiger partial charge in [0.2, 0.25) is 0 Å². The van der Waals surface area contributed by atoms with Crippen molar-refractivity contribution in [3.63, 3.8) is 0 Å². The molecule has 4 aromatic rings. The molecule has 0 spiro atoms. The van der Waals surface area contributed by atoms with E-state index in [4.69, 9.17) is 10.7 Å². The molecular formula is C20H17N5O2S. The number of aromatic nitrogens is 3. The van der Waals surface area contributed by atoms with Crippen LogP contribution in [0.1, 0.15) is 26.4 Å². The van der Waals surface area contributed by atoms with Crippen molar-refractivity contribution in [3.8, 4) is 10.6 Å². The Kier molecular flexibility index (Phi) is 4.40. The van der Waals surface area contributed by atoms with Gasteiger partial charge in [-0.25, -0.2) is 4.98 Å². The highest BCUT2D eigenvalue weighted by molar-refractivity contribution is 7.13. The van der Waals surface area contributed by atoms with Crippen LogP contribution >= 0.6 is 11.3 Å². The summed E-state index contributed by atoms with van der Waals surface area (Å²) in [4.78, 5) is 30.5. The van der Waals surface area contributed by atoms with Gasteiger partial charge in [-0.1, -0.05) is 18.2 Å². The highest BCUT2D eigenvalue weighted by Crippen LogP contribution is 2.30. The Morgan fingerprint density at radius 2 is 1.93 bits per heavy atom. The first-order chi connectivity index (χ1) is 13.5. The minimum Gasteiger partial charge on any atom is -0.366 e. The maximum Gasteiger partial charge on any atom is 0.256 e. The summed E-state index contributed by atoms with van der Waals surface area (Å²) in [6, 6.07) is 12.3. The van der Waals surface area contributed by atoms with E-state index >= 15 is 0 Å². The molecule has 28 heavy (non-hydrogen) atoms. The third kappa shape index (κ3) is 3.03. The Balaban J connectivity index is 1.86. The zero-order chi connectivity index (χ0) is 19.8. The fourth-order valence-electron chi connectivity index (χ4n) is 3.17. The topological polar surface area (TPSA) is 103 Å². The summed E-state index contributed by atoms with van der Waals surface area (Å²) in [5, 5.41) is 9.85. The zero-order valence-electron chi connectivity index (χ0n) is 15.3. The fraction of sp³-hybridized carbons (Fsp3) is 0.100. The van der Waals surface area contributed by atoms with E-state index in [0.717, 1.165) is 4.88 Å². The number of nitrogens with zero attached hydrogens (tertiary/aromatic N) is 3. The molecular weight excluding hydrogens is 374 g/mol.